The Morgan fingerprint density at radius 1 is 1.62 bits per heavy atom. The van der Waals surface area contributed by atoms with Crippen LogP contribution in [0.4, 0.5) is 0 Å². The van der Waals surface area contributed by atoms with Crippen LogP contribution in [0.3, 0.4) is 0 Å². The normalized spacial score (nSPS) is 12.6. The molecule has 1 unspecified atom stereocenters. The van der Waals surface area contributed by atoms with Crippen molar-refractivity contribution in [3.63, 3.8) is 0 Å². The maximum Gasteiger partial charge on any atom is 0.125 e. The summed E-state index contributed by atoms with van der Waals surface area (Å²) in [5.41, 5.74) is 0. The molecule has 16 heavy (non-hydrogen) atoms. The lowest BCUT2D eigenvalue weighted by atomic mass is 10.3. The molecule has 0 spiro atoms. The van der Waals surface area contributed by atoms with E-state index in [-0.39, 0.29) is 6.04 Å². The summed E-state index contributed by atoms with van der Waals surface area (Å²) in [4.78, 5) is 4.29. The van der Waals surface area contributed by atoms with Gasteiger partial charge in [0.05, 0.1) is 19.3 Å². The first kappa shape index (κ1) is 12.9. The second kappa shape index (κ2) is 7.19. The van der Waals surface area contributed by atoms with Crippen LogP contribution in [0.1, 0.15) is 25.2 Å². The van der Waals surface area contributed by atoms with Gasteiger partial charge in [-0.05, 0) is 13.3 Å². The molecular formula is C12H21N3O. The fraction of sp³-hybridized carbons (Fsp3) is 0.583. The number of hydrogen-bond acceptors (Lipinski definition) is 3. The zero-order valence-corrected chi connectivity index (χ0v) is 10.1. The van der Waals surface area contributed by atoms with Gasteiger partial charge in [-0.1, -0.05) is 6.08 Å². The Labute approximate surface area is 97.3 Å². The number of ether oxygens (including phenoxy) is 1. The van der Waals surface area contributed by atoms with Crippen LogP contribution < -0.4 is 5.32 Å². The molecule has 0 fully saturated rings. The Morgan fingerprint density at radius 3 is 3.06 bits per heavy atom. The second-order valence-electron chi connectivity index (χ2n) is 3.76. The van der Waals surface area contributed by atoms with Crippen LogP contribution in [-0.4, -0.2) is 29.3 Å². The topological polar surface area (TPSA) is 39.1 Å². The van der Waals surface area contributed by atoms with Crippen LogP contribution in [0.25, 0.3) is 0 Å². The molecule has 0 amide bonds. The van der Waals surface area contributed by atoms with E-state index >= 15 is 0 Å². The van der Waals surface area contributed by atoms with Gasteiger partial charge in [0, 0.05) is 26.0 Å². The Kier molecular flexibility index (Phi) is 5.82. The SMILES string of the molecule is C=CCCOCCNC(C)c1nccn1C. The first-order valence-electron chi connectivity index (χ1n) is 5.65. The second-order valence-corrected chi connectivity index (χ2v) is 3.76. The lowest BCUT2D eigenvalue weighted by molar-refractivity contribution is 0.138. The number of rotatable bonds is 8. The quantitative estimate of drug-likeness (QED) is 0.538. The summed E-state index contributed by atoms with van der Waals surface area (Å²) in [5, 5.41) is 3.37. The first-order valence-corrected chi connectivity index (χ1v) is 5.65. The lowest BCUT2D eigenvalue weighted by Crippen LogP contribution is -2.25. The van der Waals surface area contributed by atoms with Crippen molar-refractivity contribution >= 4 is 0 Å². The van der Waals surface area contributed by atoms with Gasteiger partial charge in [0.15, 0.2) is 0 Å². The molecule has 1 aromatic heterocycles. The zero-order chi connectivity index (χ0) is 11.8. The van der Waals surface area contributed by atoms with Crippen LogP contribution in [-0.2, 0) is 11.8 Å². The molecule has 1 N–H and O–H groups in total. The van der Waals surface area contributed by atoms with E-state index in [0.29, 0.717) is 0 Å². The van der Waals surface area contributed by atoms with Gasteiger partial charge in [0.2, 0.25) is 0 Å². The number of imidazole rings is 1. The molecule has 0 aromatic carbocycles. The third kappa shape index (κ3) is 4.16. The predicted octanol–water partition coefficient (Wildman–Crippen LogP) is 1.66. The molecule has 0 aliphatic heterocycles. The lowest BCUT2D eigenvalue weighted by Gasteiger charge is -2.13. The maximum atomic E-state index is 5.41. The van der Waals surface area contributed by atoms with Gasteiger partial charge < -0.3 is 14.6 Å². The number of aromatic nitrogens is 2. The average Bonchev–Trinajstić information content (AvgIpc) is 2.69. The van der Waals surface area contributed by atoms with E-state index in [2.05, 4.69) is 23.8 Å². The van der Waals surface area contributed by atoms with Crippen LogP contribution in [0.5, 0.6) is 0 Å². The minimum absolute atomic E-state index is 0.253. The van der Waals surface area contributed by atoms with E-state index in [9.17, 15) is 0 Å². The van der Waals surface area contributed by atoms with Crippen molar-refractivity contribution < 1.29 is 4.74 Å². The van der Waals surface area contributed by atoms with Crippen LogP contribution >= 0.6 is 0 Å². The highest BCUT2D eigenvalue weighted by molar-refractivity contribution is 4.96. The molecule has 1 rings (SSSR count). The summed E-state index contributed by atoms with van der Waals surface area (Å²) in [5.74, 6) is 1.05. The largest absolute Gasteiger partial charge is 0.380 e. The van der Waals surface area contributed by atoms with Gasteiger partial charge >= 0.3 is 0 Å². The minimum Gasteiger partial charge on any atom is -0.380 e. The molecule has 0 aliphatic rings. The fourth-order valence-electron chi connectivity index (χ4n) is 1.50. The van der Waals surface area contributed by atoms with Gasteiger partial charge in [0.25, 0.3) is 0 Å². The highest BCUT2D eigenvalue weighted by Crippen LogP contribution is 2.07. The van der Waals surface area contributed by atoms with E-state index < -0.39 is 0 Å². The maximum absolute atomic E-state index is 5.41. The van der Waals surface area contributed by atoms with Gasteiger partial charge in [-0.25, -0.2) is 4.98 Å². The van der Waals surface area contributed by atoms with E-state index in [4.69, 9.17) is 4.74 Å². The Hall–Kier alpha value is -1.13. The van der Waals surface area contributed by atoms with Gasteiger partial charge in [0.1, 0.15) is 5.82 Å². The van der Waals surface area contributed by atoms with E-state index in [1.54, 1.807) is 0 Å². The Bertz CT molecular complexity index is 309. The summed E-state index contributed by atoms with van der Waals surface area (Å²) >= 11 is 0. The molecule has 1 aromatic rings. The van der Waals surface area contributed by atoms with E-state index in [1.807, 2.05) is 30.1 Å². The van der Waals surface area contributed by atoms with Crippen molar-refractivity contribution in [2.45, 2.75) is 19.4 Å². The molecule has 0 bridgehead atoms. The van der Waals surface area contributed by atoms with Crippen LogP contribution in [0.15, 0.2) is 25.0 Å². The smallest absolute Gasteiger partial charge is 0.125 e. The Morgan fingerprint density at radius 2 is 2.44 bits per heavy atom. The molecular weight excluding hydrogens is 202 g/mol. The number of aryl methyl sites for hydroxylation is 1. The third-order valence-electron chi connectivity index (χ3n) is 2.41. The van der Waals surface area contributed by atoms with Gasteiger partial charge in [-0.2, -0.15) is 0 Å². The van der Waals surface area contributed by atoms with Crippen LogP contribution in [0.2, 0.25) is 0 Å². The van der Waals surface area contributed by atoms with Crippen molar-refractivity contribution in [1.29, 1.82) is 0 Å². The van der Waals surface area contributed by atoms with Crippen molar-refractivity contribution in [1.82, 2.24) is 14.9 Å². The molecule has 1 heterocycles. The van der Waals surface area contributed by atoms with Gasteiger partial charge in [-0.15, -0.1) is 6.58 Å². The zero-order valence-electron chi connectivity index (χ0n) is 10.1. The minimum atomic E-state index is 0.253. The van der Waals surface area contributed by atoms with Gasteiger partial charge in [-0.3, -0.25) is 0 Å². The number of nitrogens with zero attached hydrogens (tertiary/aromatic N) is 2. The molecule has 90 valence electrons. The monoisotopic (exact) mass is 223 g/mol. The fourth-order valence-corrected chi connectivity index (χ4v) is 1.50. The van der Waals surface area contributed by atoms with Crippen molar-refractivity contribution in [3.05, 3.63) is 30.9 Å². The first-order chi connectivity index (χ1) is 7.75. The molecule has 0 saturated carbocycles. The van der Waals surface area contributed by atoms with Crippen molar-refractivity contribution in [3.8, 4) is 0 Å². The standard InChI is InChI=1S/C12H21N3O/c1-4-5-9-16-10-7-13-11(2)12-14-6-8-15(12)3/h4,6,8,11,13H,1,5,7,9-10H2,2-3H3. The molecule has 0 saturated heterocycles. The summed E-state index contributed by atoms with van der Waals surface area (Å²) < 4.78 is 7.44. The predicted molar refractivity (Wildman–Crippen MR) is 65.3 cm³/mol. The Balaban J connectivity index is 2.13. The van der Waals surface area contributed by atoms with E-state index in [1.165, 1.54) is 0 Å². The van der Waals surface area contributed by atoms with Crippen LogP contribution in [0, 0.1) is 0 Å². The number of hydrogen-bond donors (Lipinski definition) is 1. The highest BCUT2D eigenvalue weighted by atomic mass is 16.5. The molecule has 4 heteroatoms. The van der Waals surface area contributed by atoms with Crippen molar-refractivity contribution in [2.24, 2.45) is 7.05 Å². The third-order valence-corrected chi connectivity index (χ3v) is 2.41. The molecule has 4 nitrogen and oxygen atoms in total. The number of nitrogens with one attached hydrogen (secondary N) is 1. The highest BCUT2D eigenvalue weighted by Gasteiger charge is 2.08. The molecule has 1 atom stereocenters. The van der Waals surface area contributed by atoms with E-state index in [0.717, 1.165) is 32.0 Å². The summed E-state index contributed by atoms with van der Waals surface area (Å²) in [6, 6.07) is 0.253. The average molecular weight is 223 g/mol. The summed E-state index contributed by atoms with van der Waals surface area (Å²) in [6.45, 7) is 8.06. The molecule has 0 aliphatic carbocycles. The summed E-state index contributed by atoms with van der Waals surface area (Å²) in [7, 11) is 2.00. The summed E-state index contributed by atoms with van der Waals surface area (Å²) in [6.07, 6.45) is 6.54. The molecule has 0 radical (unpaired) electrons. The van der Waals surface area contributed by atoms with Crippen molar-refractivity contribution in [2.75, 3.05) is 19.8 Å².